The Kier molecular flexibility index (Phi) is 7.05. The van der Waals surface area contributed by atoms with E-state index in [9.17, 15) is 19.7 Å². The van der Waals surface area contributed by atoms with Crippen LogP contribution in [0.2, 0.25) is 0 Å². The predicted octanol–water partition coefficient (Wildman–Crippen LogP) is 2.66. The zero-order valence-electron chi connectivity index (χ0n) is 16.5. The maximum Gasteiger partial charge on any atom is 0.311 e. The van der Waals surface area contributed by atoms with Crippen LogP contribution in [0, 0.1) is 22.0 Å². The van der Waals surface area contributed by atoms with Crippen LogP contribution in [-0.4, -0.2) is 64.2 Å². The molecule has 10 heteroatoms. The highest BCUT2D eigenvalue weighted by Gasteiger charge is 2.31. The topological polar surface area (TPSA) is 109 Å². The van der Waals surface area contributed by atoms with Gasteiger partial charge in [-0.3, -0.25) is 19.7 Å². The molecule has 1 N–H and O–H groups in total. The quantitative estimate of drug-likeness (QED) is 0.405. The van der Waals surface area contributed by atoms with Crippen molar-refractivity contribution in [2.75, 3.05) is 38.0 Å². The summed E-state index contributed by atoms with van der Waals surface area (Å²) in [4.78, 5) is 42.8. The van der Waals surface area contributed by atoms with E-state index in [4.69, 9.17) is 0 Å². The van der Waals surface area contributed by atoms with Gasteiger partial charge in [0.25, 0.3) is 0 Å². The van der Waals surface area contributed by atoms with E-state index >= 15 is 0 Å². The maximum atomic E-state index is 12.8. The Morgan fingerprint density at radius 2 is 1.79 bits per heavy atom. The lowest BCUT2D eigenvalue weighted by molar-refractivity contribution is -0.384. The average molecular weight is 468 g/mol. The van der Waals surface area contributed by atoms with Crippen molar-refractivity contribution >= 4 is 39.2 Å². The number of halogens is 1. The Balaban J connectivity index is 1.46. The summed E-state index contributed by atoms with van der Waals surface area (Å²) in [5.74, 6) is 0.919. The molecule has 0 aromatic carbocycles. The number of piperazine rings is 1. The maximum absolute atomic E-state index is 12.8. The monoisotopic (exact) mass is 467 g/mol. The molecule has 29 heavy (non-hydrogen) atoms. The van der Waals surface area contributed by atoms with Gasteiger partial charge in [0.15, 0.2) is 0 Å². The van der Waals surface area contributed by atoms with Crippen molar-refractivity contribution < 1.29 is 14.5 Å². The highest BCUT2D eigenvalue weighted by atomic mass is 79.9. The lowest BCUT2D eigenvalue weighted by atomic mass is 9.81. The van der Waals surface area contributed by atoms with Crippen LogP contribution in [0.5, 0.6) is 0 Å². The second-order valence-electron chi connectivity index (χ2n) is 7.69. The van der Waals surface area contributed by atoms with Gasteiger partial charge < -0.3 is 15.1 Å². The minimum Gasteiger partial charge on any atom is -0.364 e. The Bertz CT molecular complexity index is 774. The minimum atomic E-state index is -0.441. The van der Waals surface area contributed by atoms with Crippen LogP contribution < -0.4 is 5.32 Å². The number of amides is 2. The van der Waals surface area contributed by atoms with Gasteiger partial charge in [0.05, 0.1) is 4.92 Å². The number of rotatable bonds is 5. The highest BCUT2D eigenvalue weighted by molar-refractivity contribution is 9.10. The zero-order chi connectivity index (χ0) is 21.0. The van der Waals surface area contributed by atoms with Crippen LogP contribution in [-0.2, 0) is 9.59 Å². The molecule has 1 saturated heterocycles. The van der Waals surface area contributed by atoms with Gasteiger partial charge in [-0.05, 0) is 53.6 Å². The summed E-state index contributed by atoms with van der Waals surface area (Å²) in [5.41, 5.74) is -0.0400. The summed E-state index contributed by atoms with van der Waals surface area (Å²) < 4.78 is 0.546. The van der Waals surface area contributed by atoms with Crippen LogP contribution in [0.15, 0.2) is 16.7 Å². The molecule has 2 heterocycles. The normalized spacial score (nSPS) is 22.3. The van der Waals surface area contributed by atoms with Crippen molar-refractivity contribution in [2.45, 2.75) is 32.6 Å². The van der Waals surface area contributed by atoms with Crippen molar-refractivity contribution in [1.29, 1.82) is 0 Å². The van der Waals surface area contributed by atoms with Crippen LogP contribution in [0.3, 0.4) is 0 Å². The van der Waals surface area contributed by atoms with E-state index in [1.54, 1.807) is 17.9 Å². The number of carbonyl (C=O) groups excluding carboxylic acids is 2. The number of hydrogen-bond acceptors (Lipinski definition) is 6. The molecule has 0 spiro atoms. The molecule has 0 radical (unpaired) electrons. The van der Waals surface area contributed by atoms with Gasteiger partial charge in [-0.1, -0.05) is 0 Å². The largest absolute Gasteiger partial charge is 0.364 e. The second kappa shape index (κ2) is 9.51. The summed E-state index contributed by atoms with van der Waals surface area (Å²) in [7, 11) is 0. The number of nitrogens with zero attached hydrogens (tertiary/aromatic N) is 4. The molecule has 3 rings (SSSR count). The Morgan fingerprint density at radius 3 is 2.38 bits per heavy atom. The molecule has 1 aliphatic heterocycles. The van der Waals surface area contributed by atoms with E-state index < -0.39 is 4.92 Å². The van der Waals surface area contributed by atoms with Gasteiger partial charge in [-0.25, -0.2) is 4.98 Å². The molecule has 2 amide bonds. The van der Waals surface area contributed by atoms with Crippen molar-refractivity contribution in [3.05, 3.63) is 26.9 Å². The molecule has 0 unspecified atom stereocenters. The number of aromatic nitrogens is 1. The molecule has 2 fully saturated rings. The lowest BCUT2D eigenvalue weighted by Gasteiger charge is -2.37. The van der Waals surface area contributed by atoms with Crippen molar-refractivity contribution in [3.8, 4) is 0 Å². The number of nitro groups is 1. The summed E-state index contributed by atoms with van der Waals surface area (Å²) in [6.07, 6.45) is 3.45. The van der Waals surface area contributed by atoms with Crippen LogP contribution >= 0.6 is 15.9 Å². The first-order valence-electron chi connectivity index (χ1n) is 9.94. The number of carbonyl (C=O) groups is 2. The molecule has 0 atom stereocenters. The SMILES string of the molecule is CC(=O)N1CCN(C(=O)[C@H]2CC[C@H](CNc3nc(Br)ccc3[N+](=O)[O-])CC2)CC1. The summed E-state index contributed by atoms with van der Waals surface area (Å²) in [6, 6.07) is 2.98. The van der Waals surface area contributed by atoms with Crippen LogP contribution in [0.1, 0.15) is 32.6 Å². The standard InChI is InChI=1S/C19H26BrN5O4/c1-13(26)23-8-10-24(11-9-23)19(27)15-4-2-14(3-5-15)12-21-18-16(25(28)29)6-7-17(20)22-18/h6-7,14-15H,2-5,8-12H2,1H3,(H,21,22)/t14-,15-. The van der Waals surface area contributed by atoms with Crippen LogP contribution in [0.4, 0.5) is 11.5 Å². The lowest BCUT2D eigenvalue weighted by Crippen LogP contribution is -2.51. The zero-order valence-corrected chi connectivity index (χ0v) is 18.1. The number of nitrogens with one attached hydrogen (secondary N) is 1. The highest BCUT2D eigenvalue weighted by Crippen LogP contribution is 2.31. The molecular weight excluding hydrogens is 442 g/mol. The van der Waals surface area contributed by atoms with Gasteiger partial charge in [-0.15, -0.1) is 0 Å². The molecule has 1 aromatic rings. The average Bonchev–Trinajstić information content (AvgIpc) is 2.72. The molecule has 2 aliphatic rings. The fourth-order valence-electron chi connectivity index (χ4n) is 4.06. The second-order valence-corrected chi connectivity index (χ2v) is 8.50. The van der Waals surface area contributed by atoms with Crippen LogP contribution in [0.25, 0.3) is 0 Å². The molecule has 1 aliphatic carbocycles. The minimum absolute atomic E-state index is 0.0356. The first-order valence-corrected chi connectivity index (χ1v) is 10.7. The summed E-state index contributed by atoms with van der Waals surface area (Å²) in [5, 5.41) is 14.3. The van der Waals surface area contributed by atoms with E-state index in [2.05, 4.69) is 26.2 Å². The number of hydrogen-bond donors (Lipinski definition) is 1. The first kappa shape index (κ1) is 21.5. The van der Waals surface area contributed by atoms with E-state index in [0.717, 1.165) is 25.7 Å². The van der Waals surface area contributed by atoms with Crippen molar-refractivity contribution in [1.82, 2.24) is 14.8 Å². The van der Waals surface area contributed by atoms with Crippen molar-refractivity contribution in [3.63, 3.8) is 0 Å². The molecule has 1 aromatic heterocycles. The van der Waals surface area contributed by atoms with E-state index in [1.165, 1.54) is 6.07 Å². The van der Waals surface area contributed by atoms with Gasteiger partial charge in [0.2, 0.25) is 17.6 Å². The third-order valence-corrected chi connectivity index (χ3v) is 6.27. The Hall–Kier alpha value is -2.23. The first-order chi connectivity index (χ1) is 13.8. The molecule has 1 saturated carbocycles. The smallest absolute Gasteiger partial charge is 0.311 e. The molecular formula is C19H26BrN5O4. The van der Waals surface area contributed by atoms with E-state index in [1.807, 2.05) is 4.90 Å². The predicted molar refractivity (Wildman–Crippen MR) is 111 cm³/mol. The molecule has 158 valence electrons. The molecule has 0 bridgehead atoms. The Labute approximate surface area is 178 Å². The fourth-order valence-corrected chi connectivity index (χ4v) is 4.37. The fraction of sp³-hybridized carbons (Fsp3) is 0.632. The number of anilines is 1. The molecule has 9 nitrogen and oxygen atoms in total. The van der Waals surface area contributed by atoms with E-state index in [-0.39, 0.29) is 29.2 Å². The van der Waals surface area contributed by atoms with Gasteiger partial charge in [0, 0.05) is 51.6 Å². The van der Waals surface area contributed by atoms with Gasteiger partial charge in [-0.2, -0.15) is 0 Å². The Morgan fingerprint density at radius 1 is 1.17 bits per heavy atom. The van der Waals surface area contributed by atoms with Gasteiger partial charge >= 0.3 is 5.69 Å². The van der Waals surface area contributed by atoms with E-state index in [0.29, 0.717) is 43.2 Å². The van der Waals surface area contributed by atoms with Crippen molar-refractivity contribution in [2.24, 2.45) is 11.8 Å². The third kappa shape index (κ3) is 5.43. The summed E-state index contributed by atoms with van der Waals surface area (Å²) in [6.45, 7) is 4.60. The number of pyridine rings is 1. The van der Waals surface area contributed by atoms with Gasteiger partial charge in [0.1, 0.15) is 4.60 Å². The third-order valence-electron chi connectivity index (χ3n) is 5.83. The summed E-state index contributed by atoms with van der Waals surface area (Å²) >= 11 is 3.25.